The highest BCUT2D eigenvalue weighted by Crippen LogP contribution is 2.21. The molecule has 0 spiro atoms. The zero-order valence-corrected chi connectivity index (χ0v) is 19.9. The topological polar surface area (TPSA) is 84.2 Å². The number of aromatic nitrogens is 2. The van der Waals surface area contributed by atoms with Crippen LogP contribution in [0.5, 0.6) is 0 Å². The van der Waals surface area contributed by atoms with Gasteiger partial charge in [-0.2, -0.15) is 5.10 Å². The first kappa shape index (κ1) is 24.2. The van der Waals surface area contributed by atoms with Gasteiger partial charge >= 0.3 is 5.97 Å². The van der Waals surface area contributed by atoms with Gasteiger partial charge in [-0.15, -0.1) is 0 Å². The van der Waals surface area contributed by atoms with Gasteiger partial charge in [0, 0.05) is 22.5 Å². The average molecular weight is 448 g/mol. The van der Waals surface area contributed by atoms with E-state index in [1.165, 1.54) is 0 Å². The van der Waals surface area contributed by atoms with Gasteiger partial charge in [-0.25, -0.2) is 0 Å². The van der Waals surface area contributed by atoms with Crippen molar-refractivity contribution in [3.8, 4) is 0 Å². The number of benzene rings is 2. The number of nitrogens with one attached hydrogen (secondary N) is 1. The molecule has 0 fully saturated rings. The number of nitrogens with zero attached hydrogens (tertiary/aromatic N) is 2. The lowest BCUT2D eigenvalue weighted by atomic mass is 9.97. The third kappa shape index (κ3) is 5.69. The number of amides is 1. The number of hydrogen-bond acceptors (Lipinski definition) is 3. The fraction of sp³-hybridized carbons (Fsp3) is 0.370. The van der Waals surface area contributed by atoms with Crippen molar-refractivity contribution in [1.29, 1.82) is 0 Å². The third-order valence-electron chi connectivity index (χ3n) is 5.95. The molecule has 0 saturated carbocycles. The molecular formula is C27H33N3O3. The van der Waals surface area contributed by atoms with Gasteiger partial charge in [0.2, 0.25) is 0 Å². The van der Waals surface area contributed by atoms with E-state index in [0.717, 1.165) is 64.2 Å². The highest BCUT2D eigenvalue weighted by molar-refractivity contribution is 6.05. The number of aryl methyl sites for hydroxylation is 2. The molecule has 0 aliphatic rings. The Balaban J connectivity index is 1.77. The molecule has 174 valence electrons. The zero-order chi connectivity index (χ0) is 24.0. The quantitative estimate of drug-likeness (QED) is 0.448. The summed E-state index contributed by atoms with van der Waals surface area (Å²) in [6.07, 6.45) is 3.28. The molecule has 2 N–H and O–H groups in total. The molecule has 0 aliphatic carbocycles. The van der Waals surface area contributed by atoms with Gasteiger partial charge < -0.3 is 10.4 Å². The largest absolute Gasteiger partial charge is 0.481 e. The molecule has 0 bridgehead atoms. The van der Waals surface area contributed by atoms with E-state index in [2.05, 4.69) is 17.3 Å². The van der Waals surface area contributed by atoms with E-state index in [9.17, 15) is 14.7 Å². The van der Waals surface area contributed by atoms with Gasteiger partial charge in [-0.3, -0.25) is 14.3 Å². The smallest absolute Gasteiger partial charge is 0.307 e. The van der Waals surface area contributed by atoms with Crippen LogP contribution in [0.15, 0.2) is 42.5 Å². The molecule has 0 saturated heterocycles. The molecule has 1 amide bonds. The maximum atomic E-state index is 12.9. The minimum Gasteiger partial charge on any atom is -0.481 e. The lowest BCUT2D eigenvalue weighted by molar-refractivity contribution is -0.136. The van der Waals surface area contributed by atoms with E-state index in [1.54, 1.807) is 0 Å². The summed E-state index contributed by atoms with van der Waals surface area (Å²) in [5.41, 5.74) is 7.39. The minimum absolute atomic E-state index is 0.00367. The number of carbonyl (C=O) groups is 2. The van der Waals surface area contributed by atoms with Crippen molar-refractivity contribution in [2.75, 3.05) is 5.32 Å². The monoisotopic (exact) mass is 447 g/mol. The Morgan fingerprint density at radius 1 is 1.00 bits per heavy atom. The van der Waals surface area contributed by atoms with Crippen LogP contribution in [0.25, 0.3) is 0 Å². The second kappa shape index (κ2) is 10.9. The summed E-state index contributed by atoms with van der Waals surface area (Å²) in [6.45, 7) is 8.74. The molecule has 0 aliphatic heterocycles. The SMILES string of the molecule is CCCc1c(C)cccc1C(=O)Nc1ccc(Cn2nc(CC)c(CC(=O)O)c2CC)cc1. The number of carbonyl (C=O) groups excluding carboxylic acids is 1. The van der Waals surface area contributed by atoms with Crippen molar-refractivity contribution in [2.24, 2.45) is 0 Å². The summed E-state index contributed by atoms with van der Waals surface area (Å²) in [6, 6.07) is 13.6. The summed E-state index contributed by atoms with van der Waals surface area (Å²) < 4.78 is 1.91. The first-order valence-corrected chi connectivity index (χ1v) is 11.7. The molecule has 0 radical (unpaired) electrons. The van der Waals surface area contributed by atoms with Gasteiger partial charge in [0.25, 0.3) is 5.91 Å². The Labute approximate surface area is 195 Å². The van der Waals surface area contributed by atoms with Gasteiger partial charge in [0.1, 0.15) is 0 Å². The molecule has 0 atom stereocenters. The van der Waals surface area contributed by atoms with Crippen molar-refractivity contribution >= 4 is 17.6 Å². The number of rotatable bonds is 10. The van der Waals surface area contributed by atoms with Crippen LogP contribution in [0, 0.1) is 6.92 Å². The first-order chi connectivity index (χ1) is 15.9. The summed E-state index contributed by atoms with van der Waals surface area (Å²) in [5.74, 6) is -0.934. The van der Waals surface area contributed by atoms with E-state index < -0.39 is 5.97 Å². The highest BCUT2D eigenvalue weighted by Gasteiger charge is 2.18. The average Bonchev–Trinajstić information content (AvgIpc) is 3.11. The van der Waals surface area contributed by atoms with Crippen LogP contribution in [0.4, 0.5) is 5.69 Å². The highest BCUT2D eigenvalue weighted by atomic mass is 16.4. The fourth-order valence-electron chi connectivity index (χ4n) is 4.32. The minimum atomic E-state index is -0.838. The van der Waals surface area contributed by atoms with Crippen LogP contribution >= 0.6 is 0 Å². The number of carboxylic acids is 1. The van der Waals surface area contributed by atoms with E-state index in [1.807, 2.05) is 67.9 Å². The predicted molar refractivity (Wildman–Crippen MR) is 131 cm³/mol. The maximum absolute atomic E-state index is 12.9. The van der Waals surface area contributed by atoms with E-state index in [0.29, 0.717) is 13.0 Å². The lowest BCUT2D eigenvalue weighted by Gasteiger charge is -2.13. The van der Waals surface area contributed by atoms with Crippen LogP contribution in [-0.4, -0.2) is 26.8 Å². The molecule has 33 heavy (non-hydrogen) atoms. The Morgan fingerprint density at radius 2 is 1.73 bits per heavy atom. The van der Waals surface area contributed by atoms with Gasteiger partial charge in [-0.1, -0.05) is 51.5 Å². The zero-order valence-electron chi connectivity index (χ0n) is 19.9. The molecule has 3 rings (SSSR count). The van der Waals surface area contributed by atoms with E-state index in [-0.39, 0.29) is 12.3 Å². The number of anilines is 1. The van der Waals surface area contributed by atoms with Crippen molar-refractivity contribution < 1.29 is 14.7 Å². The standard InChI is InChI=1S/C27H33N3O3/c1-5-9-21-18(4)10-8-11-22(21)27(33)28-20-14-12-19(13-15-20)17-30-25(7-3)23(16-26(31)32)24(6-2)29-30/h8,10-15H,5-7,9,16-17H2,1-4H3,(H,28,33)(H,31,32). The number of hydrogen-bond donors (Lipinski definition) is 2. The maximum Gasteiger partial charge on any atom is 0.307 e. The number of carboxylic acid groups (broad SMARTS) is 1. The van der Waals surface area contributed by atoms with Crippen LogP contribution in [0.2, 0.25) is 0 Å². The third-order valence-corrected chi connectivity index (χ3v) is 5.95. The van der Waals surface area contributed by atoms with Crippen molar-refractivity contribution in [2.45, 2.75) is 66.3 Å². The predicted octanol–water partition coefficient (Wildman–Crippen LogP) is 5.20. The van der Waals surface area contributed by atoms with Crippen molar-refractivity contribution in [1.82, 2.24) is 9.78 Å². The molecule has 1 heterocycles. The van der Waals surface area contributed by atoms with Crippen LogP contribution in [0.3, 0.4) is 0 Å². The Bertz CT molecular complexity index is 1130. The molecule has 2 aromatic carbocycles. The Hall–Kier alpha value is -3.41. The van der Waals surface area contributed by atoms with Crippen LogP contribution in [-0.2, 0) is 37.0 Å². The Morgan fingerprint density at radius 3 is 2.33 bits per heavy atom. The van der Waals surface area contributed by atoms with Gasteiger partial charge in [0.15, 0.2) is 0 Å². The summed E-state index contributed by atoms with van der Waals surface area (Å²) in [4.78, 5) is 24.2. The first-order valence-electron chi connectivity index (χ1n) is 11.7. The van der Waals surface area contributed by atoms with E-state index >= 15 is 0 Å². The fourth-order valence-corrected chi connectivity index (χ4v) is 4.32. The van der Waals surface area contributed by atoms with E-state index in [4.69, 9.17) is 0 Å². The van der Waals surface area contributed by atoms with Gasteiger partial charge in [-0.05, 0) is 61.1 Å². The normalized spacial score (nSPS) is 10.9. The van der Waals surface area contributed by atoms with Crippen molar-refractivity contribution in [3.05, 3.63) is 81.7 Å². The molecule has 3 aromatic rings. The summed E-state index contributed by atoms with van der Waals surface area (Å²) in [7, 11) is 0. The molecular weight excluding hydrogens is 414 g/mol. The second-order valence-corrected chi connectivity index (χ2v) is 8.31. The van der Waals surface area contributed by atoms with Crippen LogP contribution < -0.4 is 5.32 Å². The molecule has 1 aromatic heterocycles. The molecule has 6 nitrogen and oxygen atoms in total. The molecule has 0 unspecified atom stereocenters. The number of aliphatic carboxylic acids is 1. The Kier molecular flexibility index (Phi) is 8.04. The summed E-state index contributed by atoms with van der Waals surface area (Å²) in [5, 5.41) is 17.0. The van der Waals surface area contributed by atoms with Crippen molar-refractivity contribution in [3.63, 3.8) is 0 Å². The molecule has 6 heteroatoms. The van der Waals surface area contributed by atoms with Gasteiger partial charge in [0.05, 0.1) is 18.7 Å². The second-order valence-electron chi connectivity index (χ2n) is 8.31. The lowest BCUT2D eigenvalue weighted by Crippen LogP contribution is -2.15. The van der Waals surface area contributed by atoms with Crippen LogP contribution in [0.1, 0.15) is 71.2 Å². The summed E-state index contributed by atoms with van der Waals surface area (Å²) >= 11 is 0.